The highest BCUT2D eigenvalue weighted by atomic mass is 16.6. The van der Waals surface area contributed by atoms with Gasteiger partial charge < -0.3 is 19.9 Å². The van der Waals surface area contributed by atoms with Crippen LogP contribution in [0.25, 0.3) is 0 Å². The number of ether oxygens (including phenoxy) is 1. The zero-order chi connectivity index (χ0) is 15.2. The number of carbonyl (C=O) groups is 1. The van der Waals surface area contributed by atoms with Crippen molar-refractivity contribution in [2.24, 2.45) is 0 Å². The summed E-state index contributed by atoms with van der Waals surface area (Å²) in [7, 11) is 1.97. The van der Waals surface area contributed by atoms with Crippen molar-refractivity contribution in [3.8, 4) is 0 Å². The number of benzene rings is 1. The molecule has 116 valence electrons. The molecule has 1 atom stereocenters. The molecule has 1 unspecified atom stereocenters. The van der Waals surface area contributed by atoms with Gasteiger partial charge in [0.25, 0.3) is 0 Å². The summed E-state index contributed by atoms with van der Waals surface area (Å²) in [4.78, 5) is 15.9. The maximum atomic E-state index is 11.7. The quantitative estimate of drug-likeness (QED) is 0.924. The van der Waals surface area contributed by atoms with E-state index in [1.54, 1.807) is 4.90 Å². The molecule has 1 saturated heterocycles. The van der Waals surface area contributed by atoms with Gasteiger partial charge in [0.1, 0.15) is 0 Å². The Balaban J connectivity index is 2.04. The minimum absolute atomic E-state index is 0.200. The van der Waals surface area contributed by atoms with Crippen molar-refractivity contribution in [1.29, 1.82) is 0 Å². The Morgan fingerprint density at radius 2 is 1.95 bits per heavy atom. The third-order valence-electron chi connectivity index (χ3n) is 3.98. The number of hydrogen-bond acceptors (Lipinski definition) is 4. The number of para-hydroxylation sites is 1. The van der Waals surface area contributed by atoms with E-state index >= 15 is 0 Å². The van der Waals surface area contributed by atoms with Crippen LogP contribution in [0.15, 0.2) is 24.3 Å². The predicted octanol–water partition coefficient (Wildman–Crippen LogP) is 2.25. The Bertz CT molecular complexity index is 470. The van der Waals surface area contributed by atoms with Crippen LogP contribution in [0.2, 0.25) is 0 Å². The van der Waals surface area contributed by atoms with E-state index in [4.69, 9.17) is 4.74 Å². The summed E-state index contributed by atoms with van der Waals surface area (Å²) in [6, 6.07) is 8.77. The fourth-order valence-corrected chi connectivity index (χ4v) is 2.64. The second kappa shape index (κ2) is 7.31. The zero-order valence-electron chi connectivity index (χ0n) is 13.1. The van der Waals surface area contributed by atoms with Crippen LogP contribution >= 0.6 is 0 Å². The second-order valence-corrected chi connectivity index (χ2v) is 5.24. The Labute approximate surface area is 126 Å². The van der Waals surface area contributed by atoms with Gasteiger partial charge in [-0.1, -0.05) is 18.2 Å². The molecule has 5 heteroatoms. The molecular weight excluding hydrogens is 266 g/mol. The van der Waals surface area contributed by atoms with Gasteiger partial charge in [0.2, 0.25) is 0 Å². The van der Waals surface area contributed by atoms with E-state index in [1.807, 2.05) is 14.0 Å². The monoisotopic (exact) mass is 291 g/mol. The molecule has 1 aromatic carbocycles. The van der Waals surface area contributed by atoms with Gasteiger partial charge in [-0.3, -0.25) is 0 Å². The van der Waals surface area contributed by atoms with Crippen LogP contribution in [-0.2, 0) is 4.74 Å². The molecule has 1 heterocycles. The average molecular weight is 291 g/mol. The van der Waals surface area contributed by atoms with Crippen LogP contribution in [0.4, 0.5) is 10.5 Å². The highest BCUT2D eigenvalue weighted by Gasteiger charge is 2.23. The fourth-order valence-electron chi connectivity index (χ4n) is 2.64. The van der Waals surface area contributed by atoms with E-state index in [1.165, 1.54) is 11.3 Å². The molecule has 1 fully saturated rings. The second-order valence-electron chi connectivity index (χ2n) is 5.24. The molecule has 0 aromatic heterocycles. The van der Waals surface area contributed by atoms with Gasteiger partial charge in [-0.15, -0.1) is 0 Å². The minimum Gasteiger partial charge on any atom is -0.450 e. The zero-order valence-corrected chi connectivity index (χ0v) is 13.1. The van der Waals surface area contributed by atoms with E-state index in [2.05, 4.69) is 41.4 Å². The maximum Gasteiger partial charge on any atom is 0.409 e. The van der Waals surface area contributed by atoms with Gasteiger partial charge >= 0.3 is 6.09 Å². The first-order chi connectivity index (χ1) is 10.2. The summed E-state index contributed by atoms with van der Waals surface area (Å²) in [5.74, 6) is 0. The SMILES string of the molecule is CCOC(=O)N1CCN(c2ccccc2C(C)NC)CC1. The fraction of sp³-hybridized carbons (Fsp3) is 0.562. The first-order valence-electron chi connectivity index (χ1n) is 7.60. The van der Waals surface area contributed by atoms with E-state index in [0.717, 1.165) is 13.1 Å². The number of nitrogens with one attached hydrogen (secondary N) is 1. The Morgan fingerprint density at radius 1 is 1.29 bits per heavy atom. The molecule has 1 aromatic rings. The lowest BCUT2D eigenvalue weighted by molar-refractivity contribution is 0.105. The number of nitrogens with zero attached hydrogens (tertiary/aromatic N) is 2. The van der Waals surface area contributed by atoms with E-state index in [9.17, 15) is 4.79 Å². The van der Waals surface area contributed by atoms with Crippen molar-refractivity contribution in [1.82, 2.24) is 10.2 Å². The number of hydrogen-bond donors (Lipinski definition) is 1. The van der Waals surface area contributed by atoms with Crippen LogP contribution in [0.5, 0.6) is 0 Å². The first-order valence-corrected chi connectivity index (χ1v) is 7.60. The predicted molar refractivity (Wildman–Crippen MR) is 84.7 cm³/mol. The normalized spacial score (nSPS) is 16.7. The molecule has 1 amide bonds. The van der Waals surface area contributed by atoms with Gasteiger partial charge in [-0.2, -0.15) is 0 Å². The van der Waals surface area contributed by atoms with Crippen LogP contribution in [0.1, 0.15) is 25.5 Å². The van der Waals surface area contributed by atoms with E-state index < -0.39 is 0 Å². The molecule has 5 nitrogen and oxygen atoms in total. The summed E-state index contributed by atoms with van der Waals surface area (Å²) < 4.78 is 5.06. The highest BCUT2D eigenvalue weighted by molar-refractivity contribution is 5.68. The number of amides is 1. The van der Waals surface area contributed by atoms with Crippen molar-refractivity contribution >= 4 is 11.8 Å². The van der Waals surface area contributed by atoms with Crippen molar-refractivity contribution < 1.29 is 9.53 Å². The maximum absolute atomic E-state index is 11.7. The molecule has 0 saturated carbocycles. The molecule has 0 radical (unpaired) electrons. The minimum atomic E-state index is -0.200. The molecule has 1 N–H and O–H groups in total. The summed E-state index contributed by atoms with van der Waals surface area (Å²) in [6.07, 6.45) is -0.200. The summed E-state index contributed by atoms with van der Waals surface area (Å²) >= 11 is 0. The molecule has 21 heavy (non-hydrogen) atoms. The standard InChI is InChI=1S/C16H25N3O2/c1-4-21-16(20)19-11-9-18(10-12-19)15-8-6-5-7-14(15)13(2)17-3/h5-8,13,17H,4,9-12H2,1-3H3. The molecular formula is C16H25N3O2. The number of rotatable bonds is 4. The van der Waals surface area contributed by atoms with Crippen LogP contribution in [-0.4, -0.2) is 50.8 Å². The lowest BCUT2D eigenvalue weighted by atomic mass is 10.0. The van der Waals surface area contributed by atoms with Crippen LogP contribution in [0, 0.1) is 0 Å². The smallest absolute Gasteiger partial charge is 0.409 e. The Morgan fingerprint density at radius 3 is 2.57 bits per heavy atom. The molecule has 0 spiro atoms. The van der Waals surface area contributed by atoms with E-state index in [-0.39, 0.29) is 6.09 Å². The highest BCUT2D eigenvalue weighted by Crippen LogP contribution is 2.27. The summed E-state index contributed by atoms with van der Waals surface area (Å²) in [5.41, 5.74) is 2.55. The van der Waals surface area contributed by atoms with Crippen molar-refractivity contribution in [2.45, 2.75) is 19.9 Å². The third-order valence-corrected chi connectivity index (χ3v) is 3.98. The molecule has 2 rings (SSSR count). The van der Waals surface area contributed by atoms with Crippen molar-refractivity contribution in [3.63, 3.8) is 0 Å². The number of anilines is 1. The van der Waals surface area contributed by atoms with Crippen LogP contribution < -0.4 is 10.2 Å². The van der Waals surface area contributed by atoms with Crippen molar-refractivity contribution in [3.05, 3.63) is 29.8 Å². The molecule has 1 aliphatic heterocycles. The van der Waals surface area contributed by atoms with Crippen LogP contribution in [0.3, 0.4) is 0 Å². The van der Waals surface area contributed by atoms with Gasteiger partial charge in [0, 0.05) is 37.9 Å². The van der Waals surface area contributed by atoms with Gasteiger partial charge in [0.15, 0.2) is 0 Å². The average Bonchev–Trinajstić information content (AvgIpc) is 2.54. The Kier molecular flexibility index (Phi) is 5.44. The topological polar surface area (TPSA) is 44.8 Å². The number of carbonyl (C=O) groups excluding carboxylic acids is 1. The molecule has 0 aliphatic carbocycles. The lowest BCUT2D eigenvalue weighted by Crippen LogP contribution is -2.49. The lowest BCUT2D eigenvalue weighted by Gasteiger charge is -2.37. The summed E-state index contributed by atoms with van der Waals surface area (Å²) in [6.45, 7) is 7.53. The van der Waals surface area contributed by atoms with Crippen molar-refractivity contribution in [2.75, 3.05) is 44.7 Å². The van der Waals surface area contributed by atoms with Gasteiger partial charge in [-0.05, 0) is 32.5 Å². The third kappa shape index (κ3) is 3.67. The van der Waals surface area contributed by atoms with Gasteiger partial charge in [-0.25, -0.2) is 4.79 Å². The van der Waals surface area contributed by atoms with E-state index in [0.29, 0.717) is 25.7 Å². The van der Waals surface area contributed by atoms with Gasteiger partial charge in [0.05, 0.1) is 6.61 Å². The number of piperazine rings is 1. The molecule has 0 bridgehead atoms. The molecule has 1 aliphatic rings. The summed E-state index contributed by atoms with van der Waals surface area (Å²) in [5, 5.41) is 3.29. The first kappa shape index (κ1) is 15.6. The Hall–Kier alpha value is -1.75. The largest absolute Gasteiger partial charge is 0.450 e.